The molecule has 0 heterocycles. The van der Waals surface area contributed by atoms with E-state index >= 15 is 0 Å². The first-order valence-electron chi connectivity index (χ1n) is 5.32. The Bertz CT molecular complexity index is 409. The third-order valence-corrected chi connectivity index (χ3v) is 2.63. The molecule has 1 aromatic carbocycles. The quantitative estimate of drug-likeness (QED) is 0.862. The first-order valence-corrected chi connectivity index (χ1v) is 5.32. The number of rotatable bonds is 5. The third kappa shape index (κ3) is 3.49. The zero-order valence-electron chi connectivity index (χ0n) is 9.78. The molecule has 0 fully saturated rings. The highest BCUT2D eigenvalue weighted by molar-refractivity contribution is 5.73. The monoisotopic (exact) mass is 243 g/mol. The number of benzene rings is 1. The topological polar surface area (TPSA) is 40.5 Å². The van der Waals surface area contributed by atoms with E-state index in [-0.39, 0.29) is 12.1 Å². The van der Waals surface area contributed by atoms with E-state index in [9.17, 15) is 13.6 Å². The van der Waals surface area contributed by atoms with Crippen LogP contribution in [0.2, 0.25) is 0 Å². The molecule has 0 aliphatic carbocycles. The van der Waals surface area contributed by atoms with Crippen molar-refractivity contribution in [3.8, 4) is 0 Å². The van der Waals surface area contributed by atoms with Crippen LogP contribution in [0.4, 0.5) is 8.78 Å². The first-order chi connectivity index (χ1) is 7.95. The molecule has 0 spiro atoms. The van der Waals surface area contributed by atoms with Crippen LogP contribution >= 0.6 is 0 Å². The van der Waals surface area contributed by atoms with Crippen LogP contribution in [0, 0.1) is 11.6 Å². The summed E-state index contributed by atoms with van der Waals surface area (Å²) in [5.74, 6) is -2.02. The summed E-state index contributed by atoms with van der Waals surface area (Å²) in [6.07, 6.45) is 0.406. The van der Waals surface area contributed by atoms with Gasteiger partial charge >= 0.3 is 5.97 Å². The third-order valence-electron chi connectivity index (χ3n) is 2.63. The summed E-state index contributed by atoms with van der Waals surface area (Å²) in [6, 6.07) is 2.46. The van der Waals surface area contributed by atoms with Crippen molar-refractivity contribution >= 4 is 5.97 Å². The number of hydrogen-bond donors (Lipinski definition) is 1. The minimum atomic E-state index is -0.966. The molecule has 94 valence electrons. The number of carboxylic acid groups (broad SMARTS) is 1. The maximum Gasteiger partial charge on any atom is 0.320 e. The summed E-state index contributed by atoms with van der Waals surface area (Å²) in [5, 5.41) is 8.94. The molecule has 17 heavy (non-hydrogen) atoms. The van der Waals surface area contributed by atoms with Gasteiger partial charge in [-0.05, 0) is 31.7 Å². The molecule has 5 heteroatoms. The summed E-state index contributed by atoms with van der Waals surface area (Å²) in [6.45, 7) is 1.80. The van der Waals surface area contributed by atoms with Crippen LogP contribution in [-0.2, 0) is 11.3 Å². The van der Waals surface area contributed by atoms with E-state index < -0.39 is 23.6 Å². The molecule has 0 radical (unpaired) electrons. The maximum atomic E-state index is 13.4. The fraction of sp³-hybridized carbons (Fsp3) is 0.417. The number of halogens is 2. The molecule has 0 aliphatic rings. The van der Waals surface area contributed by atoms with Crippen LogP contribution in [0.1, 0.15) is 18.9 Å². The van der Waals surface area contributed by atoms with E-state index in [1.54, 1.807) is 14.0 Å². The number of nitrogens with zero attached hydrogens (tertiary/aromatic N) is 1. The fourth-order valence-corrected chi connectivity index (χ4v) is 1.72. The van der Waals surface area contributed by atoms with Crippen LogP contribution in [0.3, 0.4) is 0 Å². The molecular weight excluding hydrogens is 228 g/mol. The fourth-order valence-electron chi connectivity index (χ4n) is 1.72. The Labute approximate surface area is 98.7 Å². The van der Waals surface area contributed by atoms with Gasteiger partial charge in [-0.3, -0.25) is 9.69 Å². The second-order valence-corrected chi connectivity index (χ2v) is 3.91. The highest BCUT2D eigenvalue weighted by Crippen LogP contribution is 2.14. The van der Waals surface area contributed by atoms with Crippen LogP contribution in [0.15, 0.2) is 18.2 Å². The number of carbonyl (C=O) groups is 1. The molecule has 1 unspecified atom stereocenters. The van der Waals surface area contributed by atoms with Gasteiger partial charge in [0.05, 0.1) is 0 Å². The molecule has 0 bridgehead atoms. The van der Waals surface area contributed by atoms with Gasteiger partial charge in [0.15, 0.2) is 0 Å². The zero-order chi connectivity index (χ0) is 13.0. The lowest BCUT2D eigenvalue weighted by Gasteiger charge is -2.23. The molecule has 0 amide bonds. The molecule has 3 nitrogen and oxygen atoms in total. The van der Waals surface area contributed by atoms with Gasteiger partial charge in [-0.15, -0.1) is 0 Å². The van der Waals surface area contributed by atoms with Gasteiger partial charge in [0.1, 0.15) is 17.7 Å². The number of hydrogen-bond acceptors (Lipinski definition) is 2. The Balaban J connectivity index is 2.83. The summed E-state index contributed by atoms with van der Waals surface area (Å²) in [7, 11) is 1.58. The summed E-state index contributed by atoms with van der Waals surface area (Å²) < 4.78 is 26.3. The minimum Gasteiger partial charge on any atom is -0.480 e. The van der Waals surface area contributed by atoms with E-state index in [0.717, 1.165) is 18.2 Å². The van der Waals surface area contributed by atoms with Crippen molar-refractivity contribution in [3.05, 3.63) is 35.4 Å². The molecule has 1 atom stereocenters. The standard InChI is InChI=1S/C12H15F2NO2/c1-3-11(12(16)17)15(2)7-8-6-9(13)4-5-10(8)14/h4-6,11H,3,7H2,1-2H3,(H,16,17). The Morgan fingerprint density at radius 2 is 2.12 bits per heavy atom. The molecule has 0 saturated carbocycles. The number of carboxylic acids is 1. The molecular formula is C12H15F2NO2. The lowest BCUT2D eigenvalue weighted by Crippen LogP contribution is -2.37. The molecule has 0 aromatic heterocycles. The second-order valence-electron chi connectivity index (χ2n) is 3.91. The minimum absolute atomic E-state index is 0.0639. The number of aliphatic carboxylic acids is 1. The largest absolute Gasteiger partial charge is 0.480 e. The highest BCUT2D eigenvalue weighted by atomic mass is 19.1. The van der Waals surface area contributed by atoms with Gasteiger partial charge in [-0.2, -0.15) is 0 Å². The normalized spacial score (nSPS) is 12.8. The Morgan fingerprint density at radius 3 is 2.65 bits per heavy atom. The maximum absolute atomic E-state index is 13.4. The van der Waals surface area contributed by atoms with E-state index in [4.69, 9.17) is 5.11 Å². The van der Waals surface area contributed by atoms with Crippen LogP contribution < -0.4 is 0 Å². The van der Waals surface area contributed by atoms with Crippen molar-refractivity contribution in [2.75, 3.05) is 7.05 Å². The van der Waals surface area contributed by atoms with Crippen molar-refractivity contribution in [2.24, 2.45) is 0 Å². The van der Waals surface area contributed by atoms with Crippen molar-refractivity contribution in [1.82, 2.24) is 4.90 Å². The van der Waals surface area contributed by atoms with Crippen LogP contribution in [-0.4, -0.2) is 29.1 Å². The second kappa shape index (κ2) is 5.72. The summed E-state index contributed by atoms with van der Waals surface area (Å²) in [5.41, 5.74) is 0.159. The summed E-state index contributed by atoms with van der Waals surface area (Å²) in [4.78, 5) is 12.4. The summed E-state index contributed by atoms with van der Waals surface area (Å²) >= 11 is 0. The average Bonchev–Trinajstić information content (AvgIpc) is 2.24. The Hall–Kier alpha value is -1.49. The zero-order valence-corrected chi connectivity index (χ0v) is 9.78. The molecule has 1 aromatic rings. The molecule has 1 rings (SSSR count). The van der Waals surface area contributed by atoms with E-state index in [1.807, 2.05) is 0 Å². The van der Waals surface area contributed by atoms with Gasteiger partial charge in [0.25, 0.3) is 0 Å². The van der Waals surface area contributed by atoms with Gasteiger partial charge in [-0.1, -0.05) is 6.92 Å². The number of likely N-dealkylation sites (N-methyl/N-ethyl adjacent to an activating group) is 1. The van der Waals surface area contributed by atoms with Gasteiger partial charge in [0, 0.05) is 12.1 Å². The smallest absolute Gasteiger partial charge is 0.320 e. The first kappa shape index (κ1) is 13.6. The van der Waals surface area contributed by atoms with Crippen molar-refractivity contribution in [1.29, 1.82) is 0 Å². The van der Waals surface area contributed by atoms with E-state index in [1.165, 1.54) is 4.90 Å². The lowest BCUT2D eigenvalue weighted by atomic mass is 10.1. The molecule has 1 N–H and O–H groups in total. The predicted octanol–water partition coefficient (Wildman–Crippen LogP) is 2.26. The SMILES string of the molecule is CCC(C(=O)O)N(C)Cc1cc(F)ccc1F. The highest BCUT2D eigenvalue weighted by Gasteiger charge is 2.21. The molecule has 0 saturated heterocycles. The van der Waals surface area contributed by atoms with Crippen LogP contribution in [0.5, 0.6) is 0 Å². The van der Waals surface area contributed by atoms with Crippen molar-refractivity contribution < 1.29 is 18.7 Å². The van der Waals surface area contributed by atoms with Gasteiger partial charge in [0.2, 0.25) is 0 Å². The Kier molecular flexibility index (Phi) is 4.57. The Morgan fingerprint density at radius 1 is 1.47 bits per heavy atom. The average molecular weight is 243 g/mol. The van der Waals surface area contributed by atoms with Crippen LogP contribution in [0.25, 0.3) is 0 Å². The van der Waals surface area contributed by atoms with Gasteiger partial charge < -0.3 is 5.11 Å². The lowest BCUT2D eigenvalue weighted by molar-refractivity contribution is -0.143. The van der Waals surface area contributed by atoms with Crippen molar-refractivity contribution in [2.45, 2.75) is 25.9 Å². The van der Waals surface area contributed by atoms with Gasteiger partial charge in [-0.25, -0.2) is 8.78 Å². The predicted molar refractivity (Wildman–Crippen MR) is 59.5 cm³/mol. The molecule has 0 aliphatic heterocycles. The van der Waals surface area contributed by atoms with E-state index in [2.05, 4.69) is 0 Å². The van der Waals surface area contributed by atoms with Crippen molar-refractivity contribution in [3.63, 3.8) is 0 Å². The van der Waals surface area contributed by atoms with E-state index in [0.29, 0.717) is 6.42 Å².